The maximum Gasteiger partial charge on any atom is 0.150 e. The first-order valence-corrected chi connectivity index (χ1v) is 9.40. The number of aromatic nitrogens is 5. The van der Waals surface area contributed by atoms with Crippen molar-refractivity contribution in [3.8, 4) is 0 Å². The highest BCUT2D eigenvalue weighted by Crippen LogP contribution is 2.28. The van der Waals surface area contributed by atoms with Crippen LogP contribution in [0.3, 0.4) is 0 Å². The van der Waals surface area contributed by atoms with Crippen LogP contribution in [-0.4, -0.2) is 31.5 Å². The number of halogens is 1. The number of benzene rings is 1. The summed E-state index contributed by atoms with van der Waals surface area (Å²) in [6, 6.07) is 5.15. The highest BCUT2D eigenvalue weighted by molar-refractivity contribution is 5.88. The molecule has 8 heteroatoms. The number of rotatable bonds is 6. The molecule has 4 aromatic rings. The summed E-state index contributed by atoms with van der Waals surface area (Å²) < 4.78 is 14.1. The Labute approximate surface area is 167 Å². The molecule has 0 aliphatic carbocycles. The van der Waals surface area contributed by atoms with Crippen molar-refractivity contribution in [2.24, 2.45) is 0 Å². The van der Waals surface area contributed by atoms with Gasteiger partial charge < -0.3 is 15.6 Å². The van der Waals surface area contributed by atoms with Crippen LogP contribution >= 0.6 is 0 Å². The minimum Gasteiger partial charge on any atom is -0.370 e. The van der Waals surface area contributed by atoms with E-state index in [4.69, 9.17) is 0 Å². The Hall–Kier alpha value is -3.55. The van der Waals surface area contributed by atoms with Gasteiger partial charge in [-0.2, -0.15) is 0 Å². The summed E-state index contributed by atoms with van der Waals surface area (Å²) in [4.78, 5) is 20.2. The van der Waals surface area contributed by atoms with E-state index >= 15 is 0 Å². The molecular weight excluding hydrogens is 369 g/mol. The number of fused-ring (bicyclic) bond motifs is 1. The van der Waals surface area contributed by atoms with Crippen molar-refractivity contribution in [3.63, 3.8) is 0 Å². The van der Waals surface area contributed by atoms with E-state index < -0.39 is 0 Å². The molecule has 148 valence electrons. The lowest BCUT2D eigenvalue weighted by atomic mass is 10.0. The maximum atomic E-state index is 14.1. The molecule has 0 aliphatic heterocycles. The second kappa shape index (κ2) is 7.83. The van der Waals surface area contributed by atoms with E-state index in [1.165, 1.54) is 6.07 Å². The van der Waals surface area contributed by atoms with Gasteiger partial charge in [0.25, 0.3) is 0 Å². The van der Waals surface area contributed by atoms with E-state index in [1.807, 2.05) is 32.9 Å². The Morgan fingerprint density at radius 2 is 1.86 bits per heavy atom. The largest absolute Gasteiger partial charge is 0.370 e. The molecule has 0 atom stereocenters. The van der Waals surface area contributed by atoms with Crippen molar-refractivity contribution in [1.82, 2.24) is 24.9 Å². The van der Waals surface area contributed by atoms with Gasteiger partial charge in [0, 0.05) is 36.1 Å². The van der Waals surface area contributed by atoms with Gasteiger partial charge in [-0.15, -0.1) is 0 Å². The monoisotopic (exact) mass is 391 g/mol. The number of aromatic amines is 1. The van der Waals surface area contributed by atoms with Gasteiger partial charge in [-0.3, -0.25) is 4.98 Å². The second-order valence-corrected chi connectivity index (χ2v) is 6.92. The van der Waals surface area contributed by atoms with Crippen LogP contribution in [-0.2, 0) is 6.42 Å². The van der Waals surface area contributed by atoms with Gasteiger partial charge >= 0.3 is 0 Å². The van der Waals surface area contributed by atoms with Crippen molar-refractivity contribution < 1.29 is 4.39 Å². The molecule has 0 saturated heterocycles. The van der Waals surface area contributed by atoms with Crippen LogP contribution in [0.5, 0.6) is 0 Å². The lowest BCUT2D eigenvalue weighted by molar-refractivity contribution is 0.637. The molecule has 1 aromatic carbocycles. The number of hydrogen-bond acceptors (Lipinski definition) is 6. The number of aryl methyl sites for hydroxylation is 3. The summed E-state index contributed by atoms with van der Waals surface area (Å²) in [5.74, 6) is 2.39. The van der Waals surface area contributed by atoms with Gasteiger partial charge in [-0.1, -0.05) is 6.07 Å². The molecule has 7 nitrogen and oxygen atoms in total. The van der Waals surface area contributed by atoms with Gasteiger partial charge in [-0.05, 0) is 44.4 Å². The van der Waals surface area contributed by atoms with Crippen molar-refractivity contribution in [2.45, 2.75) is 27.2 Å². The maximum absolute atomic E-state index is 14.1. The van der Waals surface area contributed by atoms with Crippen LogP contribution in [0.2, 0.25) is 0 Å². The zero-order valence-corrected chi connectivity index (χ0v) is 16.5. The molecule has 0 saturated carbocycles. The smallest absolute Gasteiger partial charge is 0.150 e. The first-order valence-electron chi connectivity index (χ1n) is 9.40. The van der Waals surface area contributed by atoms with E-state index in [9.17, 15) is 4.39 Å². The van der Waals surface area contributed by atoms with Crippen LogP contribution in [0, 0.1) is 26.6 Å². The molecule has 29 heavy (non-hydrogen) atoms. The SMILES string of the molecule is Cc1nc(NCCc2c(C)[nH]c3c(F)ccc(C)c23)cc(Nc2cnccn2)n1. The van der Waals surface area contributed by atoms with Crippen LogP contribution in [0.4, 0.5) is 21.8 Å². The molecule has 0 aliphatic rings. The molecule has 3 N–H and O–H groups in total. The van der Waals surface area contributed by atoms with E-state index in [0.29, 0.717) is 35.3 Å². The Morgan fingerprint density at radius 3 is 2.66 bits per heavy atom. The van der Waals surface area contributed by atoms with E-state index in [2.05, 4.69) is 35.6 Å². The Kier molecular flexibility index (Phi) is 5.07. The average Bonchev–Trinajstić information content (AvgIpc) is 3.03. The van der Waals surface area contributed by atoms with Gasteiger partial charge in [-0.25, -0.2) is 19.3 Å². The Morgan fingerprint density at radius 1 is 1.03 bits per heavy atom. The molecule has 0 radical (unpaired) electrons. The summed E-state index contributed by atoms with van der Waals surface area (Å²) in [7, 11) is 0. The van der Waals surface area contributed by atoms with Crippen LogP contribution in [0.15, 0.2) is 36.8 Å². The highest BCUT2D eigenvalue weighted by atomic mass is 19.1. The first-order chi connectivity index (χ1) is 14.0. The summed E-state index contributed by atoms with van der Waals surface area (Å²) in [6.07, 6.45) is 5.60. The zero-order valence-electron chi connectivity index (χ0n) is 16.5. The van der Waals surface area contributed by atoms with Gasteiger partial charge in [0.2, 0.25) is 0 Å². The predicted octanol–water partition coefficient (Wildman–Crippen LogP) is 4.21. The zero-order chi connectivity index (χ0) is 20.4. The van der Waals surface area contributed by atoms with Crippen molar-refractivity contribution in [3.05, 3.63) is 65.3 Å². The number of H-pyrrole nitrogens is 1. The van der Waals surface area contributed by atoms with E-state index in [-0.39, 0.29) is 5.82 Å². The molecule has 0 fully saturated rings. The van der Waals surface area contributed by atoms with Crippen molar-refractivity contribution in [2.75, 3.05) is 17.2 Å². The lowest BCUT2D eigenvalue weighted by Gasteiger charge is -2.10. The minimum atomic E-state index is -0.223. The Balaban J connectivity index is 1.50. The number of hydrogen-bond donors (Lipinski definition) is 3. The quantitative estimate of drug-likeness (QED) is 0.456. The first kappa shape index (κ1) is 18.8. The van der Waals surface area contributed by atoms with E-state index in [0.717, 1.165) is 28.6 Å². The average molecular weight is 391 g/mol. The summed E-state index contributed by atoms with van der Waals surface area (Å²) >= 11 is 0. The molecule has 0 unspecified atom stereocenters. The van der Waals surface area contributed by atoms with Crippen molar-refractivity contribution in [1.29, 1.82) is 0 Å². The van der Waals surface area contributed by atoms with Crippen LogP contribution in [0.1, 0.15) is 22.6 Å². The number of anilines is 3. The normalized spacial score (nSPS) is 11.0. The molecule has 0 bridgehead atoms. The van der Waals surface area contributed by atoms with E-state index in [1.54, 1.807) is 18.6 Å². The summed E-state index contributed by atoms with van der Waals surface area (Å²) in [5.41, 5.74) is 3.74. The van der Waals surface area contributed by atoms with Crippen LogP contribution in [0.25, 0.3) is 10.9 Å². The van der Waals surface area contributed by atoms with Gasteiger partial charge in [0.05, 0.1) is 11.7 Å². The molecule has 0 amide bonds. The molecule has 0 spiro atoms. The third kappa shape index (κ3) is 4.01. The minimum absolute atomic E-state index is 0.223. The molecular formula is C21H22FN7. The lowest BCUT2D eigenvalue weighted by Crippen LogP contribution is -2.09. The summed E-state index contributed by atoms with van der Waals surface area (Å²) in [6.45, 7) is 6.48. The fourth-order valence-electron chi connectivity index (χ4n) is 3.49. The third-order valence-electron chi connectivity index (χ3n) is 4.77. The fraction of sp³-hybridized carbons (Fsp3) is 0.238. The summed E-state index contributed by atoms with van der Waals surface area (Å²) in [5, 5.41) is 7.43. The highest BCUT2D eigenvalue weighted by Gasteiger charge is 2.14. The standard InChI is InChI=1S/C21H22FN7/c1-12-4-5-16(22)21-20(12)15(13(2)26-21)6-7-24-17-10-18(28-14(3)27-17)29-19-11-23-8-9-25-19/h4-5,8-11,26H,6-7H2,1-3H3,(H2,24,25,27,28,29). The van der Waals surface area contributed by atoms with Crippen molar-refractivity contribution >= 4 is 28.4 Å². The molecule has 3 heterocycles. The number of nitrogens with one attached hydrogen (secondary N) is 3. The predicted molar refractivity (Wildman–Crippen MR) is 112 cm³/mol. The fourth-order valence-corrected chi connectivity index (χ4v) is 3.49. The number of nitrogens with zero attached hydrogens (tertiary/aromatic N) is 4. The Bertz CT molecular complexity index is 1150. The molecule has 4 rings (SSSR count). The van der Waals surface area contributed by atoms with Gasteiger partial charge in [0.1, 0.15) is 29.1 Å². The van der Waals surface area contributed by atoms with Gasteiger partial charge in [0.15, 0.2) is 0 Å². The molecule has 3 aromatic heterocycles. The topological polar surface area (TPSA) is 91.4 Å². The van der Waals surface area contributed by atoms with Crippen LogP contribution < -0.4 is 10.6 Å². The second-order valence-electron chi connectivity index (χ2n) is 6.92. The third-order valence-corrected chi connectivity index (χ3v) is 4.77.